The standard InChI is InChI=1S/C13H9FO/c14-13-3-1-2-12(8-13)11-6-4-10(9-15)5-7-11/h1-9H. The molecule has 0 aliphatic heterocycles. The van der Waals surface area contributed by atoms with E-state index in [2.05, 4.69) is 0 Å². The summed E-state index contributed by atoms with van der Waals surface area (Å²) >= 11 is 0. The fourth-order valence-electron chi connectivity index (χ4n) is 1.42. The Morgan fingerprint density at radius 2 is 1.67 bits per heavy atom. The number of aldehydes is 1. The van der Waals surface area contributed by atoms with E-state index < -0.39 is 0 Å². The summed E-state index contributed by atoms with van der Waals surface area (Å²) in [6.07, 6.45) is 0.787. The number of hydrogen-bond donors (Lipinski definition) is 0. The Morgan fingerprint density at radius 1 is 0.933 bits per heavy atom. The van der Waals surface area contributed by atoms with Crippen molar-refractivity contribution in [3.63, 3.8) is 0 Å². The lowest BCUT2D eigenvalue weighted by atomic mass is 10.0. The monoisotopic (exact) mass is 200 g/mol. The minimum absolute atomic E-state index is 0.257. The van der Waals surface area contributed by atoms with Crippen LogP contribution in [0.25, 0.3) is 11.1 Å². The van der Waals surface area contributed by atoms with E-state index in [-0.39, 0.29) is 5.82 Å². The van der Waals surface area contributed by atoms with Gasteiger partial charge in [0, 0.05) is 5.56 Å². The molecule has 0 fully saturated rings. The smallest absolute Gasteiger partial charge is 0.150 e. The van der Waals surface area contributed by atoms with Gasteiger partial charge in [0.25, 0.3) is 0 Å². The molecule has 0 spiro atoms. The van der Waals surface area contributed by atoms with Crippen LogP contribution in [-0.4, -0.2) is 6.29 Å². The van der Waals surface area contributed by atoms with Gasteiger partial charge in [0.05, 0.1) is 0 Å². The van der Waals surface area contributed by atoms with Crippen molar-refractivity contribution in [3.05, 3.63) is 59.9 Å². The van der Waals surface area contributed by atoms with Crippen LogP contribution in [0.1, 0.15) is 10.4 Å². The van der Waals surface area contributed by atoms with Crippen molar-refractivity contribution in [1.82, 2.24) is 0 Å². The molecule has 2 heteroatoms. The second-order valence-electron chi connectivity index (χ2n) is 3.25. The van der Waals surface area contributed by atoms with Gasteiger partial charge < -0.3 is 0 Å². The van der Waals surface area contributed by atoms with E-state index in [1.54, 1.807) is 30.3 Å². The summed E-state index contributed by atoms with van der Waals surface area (Å²) in [5.74, 6) is -0.257. The highest BCUT2D eigenvalue weighted by molar-refractivity contribution is 5.76. The van der Waals surface area contributed by atoms with Gasteiger partial charge >= 0.3 is 0 Å². The Labute approximate surface area is 87.2 Å². The topological polar surface area (TPSA) is 17.1 Å². The fraction of sp³-hybridized carbons (Fsp3) is 0. The third-order valence-corrected chi connectivity index (χ3v) is 2.20. The highest BCUT2D eigenvalue weighted by Gasteiger charge is 1.98. The number of carbonyl (C=O) groups is 1. The molecule has 0 saturated heterocycles. The van der Waals surface area contributed by atoms with E-state index in [1.165, 1.54) is 12.1 Å². The summed E-state index contributed by atoms with van der Waals surface area (Å²) in [6.45, 7) is 0. The Morgan fingerprint density at radius 3 is 2.27 bits per heavy atom. The van der Waals surface area contributed by atoms with Gasteiger partial charge in [0.15, 0.2) is 0 Å². The molecule has 0 saturated carbocycles. The maximum absolute atomic E-state index is 12.9. The van der Waals surface area contributed by atoms with Gasteiger partial charge in [0.1, 0.15) is 12.1 Å². The summed E-state index contributed by atoms with van der Waals surface area (Å²) in [4.78, 5) is 10.4. The number of hydrogen-bond acceptors (Lipinski definition) is 1. The van der Waals surface area contributed by atoms with Gasteiger partial charge in [-0.3, -0.25) is 4.79 Å². The summed E-state index contributed by atoms with van der Waals surface area (Å²) in [5.41, 5.74) is 2.34. The zero-order chi connectivity index (χ0) is 10.7. The van der Waals surface area contributed by atoms with Crippen LogP contribution < -0.4 is 0 Å². The molecule has 1 nitrogen and oxygen atoms in total. The number of halogens is 1. The van der Waals surface area contributed by atoms with E-state index >= 15 is 0 Å². The SMILES string of the molecule is O=Cc1ccc(-c2cccc(F)c2)cc1. The first kappa shape index (κ1) is 9.59. The quantitative estimate of drug-likeness (QED) is 0.680. The van der Waals surface area contributed by atoms with Crippen molar-refractivity contribution in [2.45, 2.75) is 0 Å². The van der Waals surface area contributed by atoms with Crippen LogP contribution in [0.15, 0.2) is 48.5 Å². The molecule has 0 aliphatic rings. The van der Waals surface area contributed by atoms with Crippen LogP contribution in [0.4, 0.5) is 4.39 Å². The highest BCUT2D eigenvalue weighted by atomic mass is 19.1. The summed E-state index contributed by atoms with van der Waals surface area (Å²) in [5, 5.41) is 0. The maximum Gasteiger partial charge on any atom is 0.150 e. The average Bonchev–Trinajstić information content (AvgIpc) is 2.29. The van der Waals surface area contributed by atoms with E-state index in [9.17, 15) is 9.18 Å². The minimum atomic E-state index is -0.257. The first-order valence-corrected chi connectivity index (χ1v) is 4.61. The number of rotatable bonds is 2. The van der Waals surface area contributed by atoms with Crippen LogP contribution in [0.5, 0.6) is 0 Å². The molecule has 0 radical (unpaired) electrons. The summed E-state index contributed by atoms with van der Waals surface area (Å²) < 4.78 is 12.9. The maximum atomic E-state index is 12.9. The fourth-order valence-corrected chi connectivity index (χ4v) is 1.42. The predicted molar refractivity (Wildman–Crippen MR) is 57.2 cm³/mol. The molecule has 2 aromatic carbocycles. The van der Waals surface area contributed by atoms with Gasteiger partial charge in [-0.15, -0.1) is 0 Å². The summed E-state index contributed by atoms with van der Waals surface area (Å²) in [6, 6.07) is 13.4. The molecule has 74 valence electrons. The second-order valence-corrected chi connectivity index (χ2v) is 3.25. The van der Waals surface area contributed by atoms with Gasteiger partial charge in [-0.25, -0.2) is 4.39 Å². The van der Waals surface area contributed by atoms with E-state index in [0.717, 1.165) is 17.4 Å². The third kappa shape index (κ3) is 2.10. The molecule has 0 atom stereocenters. The van der Waals surface area contributed by atoms with Crippen LogP contribution in [0.3, 0.4) is 0 Å². The highest BCUT2D eigenvalue weighted by Crippen LogP contribution is 2.19. The Kier molecular flexibility index (Phi) is 2.59. The average molecular weight is 200 g/mol. The predicted octanol–water partition coefficient (Wildman–Crippen LogP) is 3.31. The van der Waals surface area contributed by atoms with Crippen molar-refractivity contribution in [3.8, 4) is 11.1 Å². The molecular formula is C13H9FO. The van der Waals surface area contributed by atoms with Crippen LogP contribution in [0.2, 0.25) is 0 Å². The molecule has 15 heavy (non-hydrogen) atoms. The zero-order valence-electron chi connectivity index (χ0n) is 7.98. The third-order valence-electron chi connectivity index (χ3n) is 2.20. The molecule has 0 heterocycles. The lowest BCUT2D eigenvalue weighted by molar-refractivity contribution is 0.112. The first-order chi connectivity index (χ1) is 7.29. The molecule has 0 amide bonds. The molecule has 0 N–H and O–H groups in total. The van der Waals surface area contributed by atoms with Crippen molar-refractivity contribution in [1.29, 1.82) is 0 Å². The van der Waals surface area contributed by atoms with Crippen LogP contribution in [0, 0.1) is 5.82 Å². The van der Waals surface area contributed by atoms with Crippen molar-refractivity contribution in [2.24, 2.45) is 0 Å². The van der Waals surface area contributed by atoms with Gasteiger partial charge in [-0.05, 0) is 23.3 Å². The van der Waals surface area contributed by atoms with E-state index in [4.69, 9.17) is 0 Å². The van der Waals surface area contributed by atoms with Gasteiger partial charge in [-0.2, -0.15) is 0 Å². The number of carbonyl (C=O) groups excluding carboxylic acids is 1. The lowest BCUT2D eigenvalue weighted by Crippen LogP contribution is -1.82. The van der Waals surface area contributed by atoms with Crippen molar-refractivity contribution in [2.75, 3.05) is 0 Å². The van der Waals surface area contributed by atoms with E-state index in [0.29, 0.717) is 5.56 Å². The molecule has 0 aliphatic carbocycles. The van der Waals surface area contributed by atoms with Crippen LogP contribution in [-0.2, 0) is 0 Å². The molecule has 0 unspecified atom stereocenters. The van der Waals surface area contributed by atoms with Gasteiger partial charge in [-0.1, -0.05) is 36.4 Å². The number of benzene rings is 2. The normalized spacial score (nSPS) is 9.93. The minimum Gasteiger partial charge on any atom is -0.298 e. The lowest BCUT2D eigenvalue weighted by Gasteiger charge is -2.01. The molecule has 2 rings (SSSR count). The Hall–Kier alpha value is -1.96. The van der Waals surface area contributed by atoms with E-state index in [1.807, 2.05) is 6.07 Å². The summed E-state index contributed by atoms with van der Waals surface area (Å²) in [7, 11) is 0. The van der Waals surface area contributed by atoms with Crippen LogP contribution >= 0.6 is 0 Å². The Balaban J connectivity index is 2.41. The first-order valence-electron chi connectivity index (χ1n) is 4.61. The Bertz CT molecular complexity index is 474. The van der Waals surface area contributed by atoms with Crippen molar-refractivity contribution >= 4 is 6.29 Å². The molecule has 0 bridgehead atoms. The van der Waals surface area contributed by atoms with Gasteiger partial charge in [0.2, 0.25) is 0 Å². The molecule has 0 aromatic heterocycles. The second kappa shape index (κ2) is 4.05. The molecular weight excluding hydrogens is 191 g/mol. The largest absolute Gasteiger partial charge is 0.298 e. The molecule has 2 aromatic rings. The van der Waals surface area contributed by atoms with Crippen molar-refractivity contribution < 1.29 is 9.18 Å². The zero-order valence-corrected chi connectivity index (χ0v) is 7.98.